The highest BCUT2D eigenvalue weighted by Crippen LogP contribution is 2.37. The SMILES string of the molecule is COc1ccc(O)c(-c2ccc(C(F)(F)F)cc2C)c1. The molecule has 0 aliphatic rings. The minimum atomic E-state index is -4.38. The number of benzene rings is 2. The number of methoxy groups -OCH3 is 1. The molecule has 0 aliphatic carbocycles. The van der Waals surface area contributed by atoms with E-state index in [4.69, 9.17) is 4.74 Å². The summed E-state index contributed by atoms with van der Waals surface area (Å²) in [6.07, 6.45) is -4.38. The largest absolute Gasteiger partial charge is 0.507 e. The Labute approximate surface area is 114 Å². The number of halogens is 3. The number of hydrogen-bond donors (Lipinski definition) is 1. The molecule has 0 aliphatic heterocycles. The molecule has 106 valence electrons. The third-order valence-electron chi connectivity index (χ3n) is 3.05. The summed E-state index contributed by atoms with van der Waals surface area (Å²) >= 11 is 0. The second-order valence-electron chi connectivity index (χ2n) is 4.41. The van der Waals surface area contributed by atoms with Crippen molar-refractivity contribution in [2.75, 3.05) is 7.11 Å². The van der Waals surface area contributed by atoms with Gasteiger partial charge in [-0.2, -0.15) is 13.2 Å². The first kappa shape index (κ1) is 14.2. The van der Waals surface area contributed by atoms with Crippen molar-refractivity contribution in [1.82, 2.24) is 0 Å². The van der Waals surface area contributed by atoms with Crippen molar-refractivity contribution in [3.63, 3.8) is 0 Å². The Hall–Kier alpha value is -2.17. The number of phenols is 1. The highest BCUT2D eigenvalue weighted by atomic mass is 19.4. The number of phenolic OH excluding ortho intramolecular Hbond substituents is 1. The van der Waals surface area contributed by atoms with E-state index in [1.165, 1.54) is 19.2 Å². The summed E-state index contributed by atoms with van der Waals surface area (Å²) in [6, 6.07) is 8.04. The van der Waals surface area contributed by atoms with E-state index >= 15 is 0 Å². The molecule has 2 aromatic rings. The van der Waals surface area contributed by atoms with Crippen LogP contribution in [0.1, 0.15) is 11.1 Å². The van der Waals surface area contributed by atoms with Crippen LogP contribution >= 0.6 is 0 Å². The summed E-state index contributed by atoms with van der Waals surface area (Å²) < 4.78 is 42.9. The fourth-order valence-electron chi connectivity index (χ4n) is 2.00. The quantitative estimate of drug-likeness (QED) is 0.885. The lowest BCUT2D eigenvalue weighted by atomic mass is 9.97. The van der Waals surface area contributed by atoms with Crippen LogP contribution < -0.4 is 4.74 Å². The fraction of sp³-hybridized carbons (Fsp3) is 0.200. The lowest BCUT2D eigenvalue weighted by Crippen LogP contribution is -2.05. The van der Waals surface area contributed by atoms with Gasteiger partial charge < -0.3 is 9.84 Å². The molecule has 0 amide bonds. The molecule has 0 fully saturated rings. The molecule has 1 N–H and O–H groups in total. The van der Waals surface area contributed by atoms with Crippen LogP contribution in [0.3, 0.4) is 0 Å². The molecule has 0 unspecified atom stereocenters. The Bertz CT molecular complexity index is 634. The highest BCUT2D eigenvalue weighted by molar-refractivity contribution is 5.74. The van der Waals surface area contributed by atoms with Gasteiger partial charge in [0, 0.05) is 5.56 Å². The maximum absolute atomic E-state index is 12.6. The zero-order valence-electron chi connectivity index (χ0n) is 11.0. The van der Waals surface area contributed by atoms with Crippen LogP contribution in [-0.4, -0.2) is 12.2 Å². The van der Waals surface area contributed by atoms with Crippen LogP contribution in [0.15, 0.2) is 36.4 Å². The lowest BCUT2D eigenvalue weighted by molar-refractivity contribution is -0.137. The Balaban J connectivity index is 2.54. The maximum Gasteiger partial charge on any atom is 0.416 e. The molecule has 2 nitrogen and oxygen atoms in total. The molecule has 2 rings (SSSR count). The monoisotopic (exact) mass is 282 g/mol. The molecule has 5 heteroatoms. The van der Waals surface area contributed by atoms with Gasteiger partial charge in [-0.05, 0) is 48.4 Å². The molecule has 2 aromatic carbocycles. The van der Waals surface area contributed by atoms with Crippen LogP contribution in [0.4, 0.5) is 13.2 Å². The molecule has 20 heavy (non-hydrogen) atoms. The van der Waals surface area contributed by atoms with Gasteiger partial charge in [0.25, 0.3) is 0 Å². The summed E-state index contributed by atoms with van der Waals surface area (Å²) in [5.74, 6) is 0.519. The summed E-state index contributed by atoms with van der Waals surface area (Å²) in [5.41, 5.74) is 0.703. The van der Waals surface area contributed by atoms with E-state index in [9.17, 15) is 18.3 Å². The Morgan fingerprint density at radius 3 is 2.25 bits per heavy atom. The smallest absolute Gasteiger partial charge is 0.416 e. The molecule has 0 heterocycles. The number of ether oxygens (including phenoxy) is 1. The first-order valence-electron chi connectivity index (χ1n) is 5.88. The van der Waals surface area contributed by atoms with Crippen molar-refractivity contribution in [2.45, 2.75) is 13.1 Å². The van der Waals surface area contributed by atoms with E-state index < -0.39 is 11.7 Å². The second-order valence-corrected chi connectivity index (χ2v) is 4.41. The van der Waals surface area contributed by atoms with Crippen LogP contribution in [0.25, 0.3) is 11.1 Å². The topological polar surface area (TPSA) is 29.5 Å². The Morgan fingerprint density at radius 2 is 1.70 bits per heavy atom. The van der Waals surface area contributed by atoms with Gasteiger partial charge in [0.2, 0.25) is 0 Å². The van der Waals surface area contributed by atoms with Gasteiger partial charge in [-0.15, -0.1) is 0 Å². The minimum absolute atomic E-state index is 0.00587. The molecule has 0 spiro atoms. The minimum Gasteiger partial charge on any atom is -0.507 e. The zero-order valence-corrected chi connectivity index (χ0v) is 11.0. The van der Waals surface area contributed by atoms with Gasteiger partial charge in [0.1, 0.15) is 11.5 Å². The van der Waals surface area contributed by atoms with Crippen LogP contribution in [0, 0.1) is 6.92 Å². The predicted octanol–water partition coefficient (Wildman–Crippen LogP) is 4.40. The first-order chi connectivity index (χ1) is 9.32. The number of aromatic hydroxyl groups is 1. The first-order valence-corrected chi connectivity index (χ1v) is 5.88. The van der Waals surface area contributed by atoms with E-state index in [2.05, 4.69) is 0 Å². The van der Waals surface area contributed by atoms with Crippen LogP contribution in [-0.2, 0) is 6.18 Å². The molecular formula is C15H13F3O2. The maximum atomic E-state index is 12.6. The Kier molecular flexibility index (Phi) is 3.61. The summed E-state index contributed by atoms with van der Waals surface area (Å²) in [4.78, 5) is 0. The van der Waals surface area contributed by atoms with E-state index in [1.54, 1.807) is 19.1 Å². The zero-order chi connectivity index (χ0) is 14.9. The molecule has 0 saturated carbocycles. The van der Waals surface area contributed by atoms with Crippen molar-refractivity contribution in [2.24, 2.45) is 0 Å². The van der Waals surface area contributed by atoms with Gasteiger partial charge in [0.05, 0.1) is 12.7 Å². The molecular weight excluding hydrogens is 269 g/mol. The van der Waals surface area contributed by atoms with E-state index in [1.807, 2.05) is 0 Å². The van der Waals surface area contributed by atoms with Crippen molar-refractivity contribution in [3.8, 4) is 22.6 Å². The summed E-state index contributed by atoms with van der Waals surface area (Å²) in [7, 11) is 1.48. The van der Waals surface area contributed by atoms with E-state index in [0.717, 1.165) is 12.1 Å². The average molecular weight is 282 g/mol. The molecule has 0 radical (unpaired) electrons. The molecule has 0 bridgehead atoms. The average Bonchev–Trinajstić information content (AvgIpc) is 2.38. The normalized spacial score (nSPS) is 11.4. The number of alkyl halides is 3. The number of hydrogen-bond acceptors (Lipinski definition) is 2. The van der Waals surface area contributed by atoms with Gasteiger partial charge in [-0.25, -0.2) is 0 Å². The standard InChI is InChI=1S/C15H13F3O2/c1-9-7-10(15(16,17)18)3-5-12(9)13-8-11(20-2)4-6-14(13)19/h3-8,19H,1-2H3. The second kappa shape index (κ2) is 5.07. The van der Waals surface area contributed by atoms with E-state index in [-0.39, 0.29) is 5.75 Å². The predicted molar refractivity (Wildman–Crippen MR) is 69.8 cm³/mol. The van der Waals surface area contributed by atoms with Crippen molar-refractivity contribution >= 4 is 0 Å². The fourth-order valence-corrected chi connectivity index (χ4v) is 2.00. The van der Waals surface area contributed by atoms with Gasteiger partial charge in [-0.3, -0.25) is 0 Å². The third kappa shape index (κ3) is 2.71. The van der Waals surface area contributed by atoms with E-state index in [0.29, 0.717) is 22.4 Å². The number of rotatable bonds is 2. The summed E-state index contributed by atoms with van der Waals surface area (Å²) in [5, 5.41) is 9.86. The Morgan fingerprint density at radius 1 is 1.00 bits per heavy atom. The van der Waals surface area contributed by atoms with Crippen molar-refractivity contribution in [3.05, 3.63) is 47.5 Å². The number of aryl methyl sites for hydroxylation is 1. The van der Waals surface area contributed by atoms with Crippen molar-refractivity contribution < 1.29 is 23.0 Å². The summed E-state index contributed by atoms with van der Waals surface area (Å²) in [6.45, 7) is 1.57. The van der Waals surface area contributed by atoms with Crippen LogP contribution in [0.2, 0.25) is 0 Å². The lowest BCUT2D eigenvalue weighted by Gasteiger charge is -2.13. The van der Waals surface area contributed by atoms with Crippen LogP contribution in [0.5, 0.6) is 11.5 Å². The molecule has 0 saturated heterocycles. The van der Waals surface area contributed by atoms with Gasteiger partial charge >= 0.3 is 6.18 Å². The molecule has 0 atom stereocenters. The van der Waals surface area contributed by atoms with Gasteiger partial charge in [0.15, 0.2) is 0 Å². The van der Waals surface area contributed by atoms with Gasteiger partial charge in [-0.1, -0.05) is 6.07 Å². The van der Waals surface area contributed by atoms with Crippen molar-refractivity contribution in [1.29, 1.82) is 0 Å². The third-order valence-corrected chi connectivity index (χ3v) is 3.05. The highest BCUT2D eigenvalue weighted by Gasteiger charge is 2.30. The molecule has 0 aromatic heterocycles.